The second-order valence-electron chi connectivity index (χ2n) is 8.16. The van der Waals surface area contributed by atoms with E-state index < -0.39 is 11.9 Å². The van der Waals surface area contributed by atoms with Crippen LogP contribution in [0.15, 0.2) is 59.1 Å². The molecule has 0 spiro atoms. The Hall–Kier alpha value is -3.38. The zero-order chi connectivity index (χ0) is 23.3. The fourth-order valence-corrected chi connectivity index (χ4v) is 3.12. The molecule has 3 rings (SSSR count). The molecule has 0 bridgehead atoms. The van der Waals surface area contributed by atoms with Crippen LogP contribution in [0.3, 0.4) is 0 Å². The van der Waals surface area contributed by atoms with E-state index >= 15 is 0 Å². The highest BCUT2D eigenvalue weighted by molar-refractivity contribution is 6.30. The van der Waals surface area contributed by atoms with Gasteiger partial charge in [-0.3, -0.25) is 10.1 Å². The molecule has 0 aliphatic heterocycles. The van der Waals surface area contributed by atoms with Gasteiger partial charge in [0, 0.05) is 16.7 Å². The van der Waals surface area contributed by atoms with Crippen LogP contribution in [-0.4, -0.2) is 23.6 Å². The SMILES string of the molecule is CCOC(=O)c1c(-c2ccc(Cl)cc2)noc1NC(=O)/C=C/c1ccc(C(C)(C)C)cc1. The molecule has 1 heterocycles. The van der Waals surface area contributed by atoms with E-state index in [9.17, 15) is 9.59 Å². The normalized spacial score (nSPS) is 11.5. The summed E-state index contributed by atoms with van der Waals surface area (Å²) in [6.07, 6.45) is 3.05. The molecular formula is C25H25ClN2O4. The number of carbonyl (C=O) groups excluding carboxylic acids is 2. The third-order valence-corrected chi connectivity index (χ3v) is 4.98. The van der Waals surface area contributed by atoms with Crippen LogP contribution in [0.4, 0.5) is 5.88 Å². The fourth-order valence-electron chi connectivity index (χ4n) is 2.99. The maximum absolute atomic E-state index is 12.5. The Labute approximate surface area is 192 Å². The zero-order valence-electron chi connectivity index (χ0n) is 18.4. The van der Waals surface area contributed by atoms with Crippen LogP contribution in [0, 0.1) is 0 Å². The van der Waals surface area contributed by atoms with Crippen LogP contribution in [0.5, 0.6) is 0 Å². The summed E-state index contributed by atoms with van der Waals surface area (Å²) in [7, 11) is 0. The van der Waals surface area contributed by atoms with Gasteiger partial charge in [-0.2, -0.15) is 0 Å². The second kappa shape index (κ2) is 9.83. The predicted molar refractivity (Wildman–Crippen MR) is 126 cm³/mol. The van der Waals surface area contributed by atoms with Crippen LogP contribution in [0.25, 0.3) is 17.3 Å². The van der Waals surface area contributed by atoms with Crippen molar-refractivity contribution in [3.05, 3.63) is 76.3 Å². The van der Waals surface area contributed by atoms with Gasteiger partial charge in [0.25, 0.3) is 5.91 Å². The minimum Gasteiger partial charge on any atom is -0.462 e. The maximum Gasteiger partial charge on any atom is 0.346 e. The molecule has 1 N–H and O–H groups in total. The average molecular weight is 453 g/mol. The number of aromatic nitrogens is 1. The van der Waals surface area contributed by atoms with E-state index in [2.05, 4.69) is 31.2 Å². The molecule has 7 heteroatoms. The lowest BCUT2D eigenvalue weighted by molar-refractivity contribution is -0.112. The summed E-state index contributed by atoms with van der Waals surface area (Å²) in [6.45, 7) is 8.29. The summed E-state index contributed by atoms with van der Waals surface area (Å²) in [5, 5.41) is 7.09. The van der Waals surface area contributed by atoms with Crippen LogP contribution in [-0.2, 0) is 14.9 Å². The summed E-state index contributed by atoms with van der Waals surface area (Å²) in [5.41, 5.74) is 3.04. The van der Waals surface area contributed by atoms with Gasteiger partial charge in [-0.25, -0.2) is 4.79 Å². The Balaban J connectivity index is 1.81. The first-order chi connectivity index (χ1) is 15.2. The standard InChI is InChI=1S/C25H25ClN2O4/c1-5-31-24(30)21-22(17-9-13-19(26)14-10-17)28-32-23(21)27-20(29)15-8-16-6-11-18(12-7-16)25(2,3)4/h6-15H,5H2,1-4H3,(H,27,29)/b15-8+. The second-order valence-corrected chi connectivity index (χ2v) is 8.59. The summed E-state index contributed by atoms with van der Waals surface area (Å²) < 4.78 is 10.4. The topological polar surface area (TPSA) is 81.4 Å². The number of nitrogens with one attached hydrogen (secondary N) is 1. The quantitative estimate of drug-likeness (QED) is 0.360. The van der Waals surface area contributed by atoms with Gasteiger partial charge in [-0.1, -0.05) is 73.9 Å². The Morgan fingerprint density at radius 1 is 1.09 bits per heavy atom. The highest BCUT2D eigenvalue weighted by Crippen LogP contribution is 2.30. The molecule has 166 valence electrons. The Bertz CT molecular complexity index is 1120. The molecule has 32 heavy (non-hydrogen) atoms. The molecule has 3 aromatic rings. The van der Waals surface area contributed by atoms with Crippen molar-refractivity contribution in [2.75, 3.05) is 11.9 Å². The van der Waals surface area contributed by atoms with Crippen molar-refractivity contribution >= 4 is 35.4 Å². The van der Waals surface area contributed by atoms with Crippen LogP contribution in [0.2, 0.25) is 5.02 Å². The van der Waals surface area contributed by atoms with E-state index in [1.165, 1.54) is 11.6 Å². The summed E-state index contributed by atoms with van der Waals surface area (Å²) in [4.78, 5) is 25.0. The lowest BCUT2D eigenvalue weighted by Gasteiger charge is -2.18. The largest absolute Gasteiger partial charge is 0.462 e. The minimum absolute atomic E-state index is 0.0467. The zero-order valence-corrected chi connectivity index (χ0v) is 19.2. The number of amides is 1. The number of hydrogen-bond donors (Lipinski definition) is 1. The highest BCUT2D eigenvalue weighted by atomic mass is 35.5. The summed E-state index contributed by atoms with van der Waals surface area (Å²) >= 11 is 5.94. The fraction of sp³-hybridized carbons (Fsp3) is 0.240. The Morgan fingerprint density at radius 2 is 1.75 bits per heavy atom. The lowest BCUT2D eigenvalue weighted by Crippen LogP contribution is -2.13. The van der Waals surface area contributed by atoms with Crippen LogP contribution >= 0.6 is 11.6 Å². The number of nitrogens with zero attached hydrogens (tertiary/aromatic N) is 1. The first kappa shape index (κ1) is 23.3. The molecule has 0 saturated carbocycles. The molecule has 0 aliphatic rings. The monoisotopic (exact) mass is 452 g/mol. The number of hydrogen-bond acceptors (Lipinski definition) is 5. The molecule has 1 amide bonds. The van der Waals surface area contributed by atoms with E-state index in [1.807, 2.05) is 24.3 Å². The van der Waals surface area contributed by atoms with E-state index in [0.29, 0.717) is 10.6 Å². The predicted octanol–water partition coefficient (Wildman–Crippen LogP) is 6.12. The third kappa shape index (κ3) is 5.65. The molecule has 0 fully saturated rings. The number of ether oxygens (including phenoxy) is 1. The first-order valence-electron chi connectivity index (χ1n) is 10.2. The first-order valence-corrected chi connectivity index (χ1v) is 10.6. The van der Waals surface area contributed by atoms with Crippen molar-refractivity contribution in [3.8, 4) is 11.3 Å². The van der Waals surface area contributed by atoms with Crippen molar-refractivity contribution in [1.82, 2.24) is 5.16 Å². The van der Waals surface area contributed by atoms with E-state index in [1.54, 1.807) is 37.3 Å². The smallest absolute Gasteiger partial charge is 0.346 e. The third-order valence-electron chi connectivity index (χ3n) is 4.73. The molecule has 0 atom stereocenters. The van der Waals surface area contributed by atoms with E-state index in [0.717, 1.165) is 5.56 Å². The Morgan fingerprint density at radius 3 is 2.34 bits per heavy atom. The maximum atomic E-state index is 12.5. The van der Waals surface area contributed by atoms with Gasteiger partial charge in [-0.05, 0) is 41.7 Å². The summed E-state index contributed by atoms with van der Waals surface area (Å²) in [6, 6.07) is 14.7. The number of rotatable bonds is 6. The van der Waals surface area contributed by atoms with Crippen molar-refractivity contribution in [3.63, 3.8) is 0 Å². The van der Waals surface area contributed by atoms with Gasteiger partial charge >= 0.3 is 5.97 Å². The van der Waals surface area contributed by atoms with Gasteiger partial charge < -0.3 is 9.26 Å². The van der Waals surface area contributed by atoms with Gasteiger partial charge in [0.05, 0.1) is 6.61 Å². The summed E-state index contributed by atoms with van der Waals surface area (Å²) in [5.74, 6) is -1.18. The molecule has 0 saturated heterocycles. The van der Waals surface area contributed by atoms with Gasteiger partial charge in [0.2, 0.25) is 5.88 Å². The molecule has 0 unspecified atom stereocenters. The number of anilines is 1. The van der Waals surface area contributed by atoms with Gasteiger partial charge in [0.15, 0.2) is 5.56 Å². The number of halogens is 1. The number of benzene rings is 2. The molecular weight excluding hydrogens is 428 g/mol. The van der Waals surface area contributed by atoms with E-state index in [-0.39, 0.29) is 29.2 Å². The minimum atomic E-state index is -0.643. The van der Waals surface area contributed by atoms with Gasteiger partial charge in [-0.15, -0.1) is 0 Å². The van der Waals surface area contributed by atoms with Crippen molar-refractivity contribution in [2.45, 2.75) is 33.1 Å². The van der Waals surface area contributed by atoms with Gasteiger partial charge in [0.1, 0.15) is 5.69 Å². The molecule has 0 radical (unpaired) electrons. The van der Waals surface area contributed by atoms with Crippen LogP contribution in [0.1, 0.15) is 49.2 Å². The molecule has 2 aromatic carbocycles. The van der Waals surface area contributed by atoms with Crippen molar-refractivity contribution in [1.29, 1.82) is 0 Å². The lowest BCUT2D eigenvalue weighted by atomic mass is 9.87. The molecule has 0 aliphatic carbocycles. The highest BCUT2D eigenvalue weighted by Gasteiger charge is 2.26. The molecule has 1 aromatic heterocycles. The van der Waals surface area contributed by atoms with Crippen LogP contribution < -0.4 is 5.32 Å². The van der Waals surface area contributed by atoms with Crippen molar-refractivity contribution < 1.29 is 18.8 Å². The Kier molecular flexibility index (Phi) is 7.15. The molecule has 6 nitrogen and oxygen atoms in total. The number of esters is 1. The van der Waals surface area contributed by atoms with E-state index in [4.69, 9.17) is 20.9 Å². The number of carbonyl (C=O) groups is 2. The van der Waals surface area contributed by atoms with Crippen molar-refractivity contribution in [2.24, 2.45) is 0 Å². The average Bonchev–Trinajstić information content (AvgIpc) is 3.16.